The van der Waals surface area contributed by atoms with Gasteiger partial charge >= 0.3 is 0 Å². The van der Waals surface area contributed by atoms with Crippen molar-refractivity contribution in [1.29, 1.82) is 0 Å². The number of nitrogen functional groups attached to an aromatic ring is 1. The number of fused-ring (bicyclic) bond motifs is 3. The predicted molar refractivity (Wildman–Crippen MR) is 94.6 cm³/mol. The van der Waals surface area contributed by atoms with E-state index in [1.165, 1.54) is 17.0 Å². The normalized spacial score (nSPS) is 12.8. The molecule has 1 amide bonds. The fourth-order valence-corrected chi connectivity index (χ4v) is 2.75. The number of anilines is 2. The highest BCUT2D eigenvalue weighted by atomic mass is 16.6. The molecule has 3 N–H and O–H groups in total. The number of rotatable bonds is 2. The van der Waals surface area contributed by atoms with E-state index in [9.17, 15) is 9.59 Å². The van der Waals surface area contributed by atoms with Crippen molar-refractivity contribution in [3.8, 4) is 11.5 Å². The van der Waals surface area contributed by atoms with E-state index in [0.717, 1.165) is 0 Å². The summed E-state index contributed by atoms with van der Waals surface area (Å²) in [4.78, 5) is 32.7. The van der Waals surface area contributed by atoms with Crippen molar-refractivity contribution in [2.45, 2.75) is 0 Å². The molecule has 0 radical (unpaired) electrons. The number of pyridine rings is 1. The first-order valence-corrected chi connectivity index (χ1v) is 7.86. The molecule has 1 aliphatic heterocycles. The number of nitrogens with two attached hydrogens (primary N) is 1. The molecular formula is C17H15N5O4. The summed E-state index contributed by atoms with van der Waals surface area (Å²) in [6.45, 7) is 0.843. The van der Waals surface area contributed by atoms with Gasteiger partial charge < -0.3 is 20.5 Å². The highest BCUT2D eigenvalue weighted by molar-refractivity contribution is 6.04. The SMILES string of the molecule is Cn1c(NC(=O)c2cnc(N)nc2)cc2c3c(ccc2c1=O)OCCO3. The maximum Gasteiger partial charge on any atom is 0.259 e. The topological polar surface area (TPSA) is 121 Å². The molecule has 3 heterocycles. The lowest BCUT2D eigenvalue weighted by Crippen LogP contribution is -2.24. The summed E-state index contributed by atoms with van der Waals surface area (Å²) in [6, 6.07) is 5.08. The van der Waals surface area contributed by atoms with E-state index in [-0.39, 0.29) is 17.1 Å². The lowest BCUT2D eigenvalue weighted by atomic mass is 10.1. The van der Waals surface area contributed by atoms with E-state index in [1.807, 2.05) is 0 Å². The number of aromatic nitrogens is 3. The van der Waals surface area contributed by atoms with Crippen LogP contribution in [0.15, 0.2) is 35.4 Å². The van der Waals surface area contributed by atoms with Gasteiger partial charge in [0.25, 0.3) is 11.5 Å². The largest absolute Gasteiger partial charge is 0.486 e. The molecular weight excluding hydrogens is 338 g/mol. The van der Waals surface area contributed by atoms with E-state index in [1.54, 1.807) is 25.2 Å². The minimum absolute atomic E-state index is 0.0726. The van der Waals surface area contributed by atoms with E-state index >= 15 is 0 Å². The third-order valence-corrected chi connectivity index (χ3v) is 4.10. The van der Waals surface area contributed by atoms with Crippen LogP contribution in [0.4, 0.5) is 11.8 Å². The molecule has 0 saturated heterocycles. The third kappa shape index (κ3) is 2.59. The van der Waals surface area contributed by atoms with E-state index in [0.29, 0.717) is 41.3 Å². The molecule has 4 rings (SSSR count). The molecule has 0 fully saturated rings. The quantitative estimate of drug-likeness (QED) is 0.703. The molecule has 1 aromatic carbocycles. The van der Waals surface area contributed by atoms with Crippen LogP contribution in [0.2, 0.25) is 0 Å². The molecule has 0 unspecified atom stereocenters. The number of ether oxygens (including phenoxy) is 2. The highest BCUT2D eigenvalue weighted by Crippen LogP contribution is 2.37. The van der Waals surface area contributed by atoms with Crippen LogP contribution in [-0.4, -0.2) is 33.7 Å². The summed E-state index contributed by atoms with van der Waals surface area (Å²) in [5.74, 6) is 0.996. The van der Waals surface area contributed by atoms with Gasteiger partial charge in [-0.1, -0.05) is 0 Å². The van der Waals surface area contributed by atoms with Gasteiger partial charge in [0.15, 0.2) is 11.5 Å². The second kappa shape index (κ2) is 6.03. The maximum atomic E-state index is 12.7. The molecule has 3 aromatic rings. The monoisotopic (exact) mass is 353 g/mol. The van der Waals surface area contributed by atoms with Crippen LogP contribution in [0, 0.1) is 0 Å². The average molecular weight is 353 g/mol. The Bertz CT molecular complexity index is 1080. The van der Waals surface area contributed by atoms with Crippen LogP contribution in [0.25, 0.3) is 10.8 Å². The maximum absolute atomic E-state index is 12.7. The molecule has 9 heteroatoms. The smallest absolute Gasteiger partial charge is 0.259 e. The fraction of sp³-hybridized carbons (Fsp3) is 0.176. The number of nitrogens with zero attached hydrogens (tertiary/aromatic N) is 3. The number of hydrogen-bond donors (Lipinski definition) is 2. The molecule has 132 valence electrons. The first-order valence-electron chi connectivity index (χ1n) is 7.86. The highest BCUT2D eigenvalue weighted by Gasteiger charge is 2.19. The van der Waals surface area contributed by atoms with Crippen LogP contribution in [-0.2, 0) is 7.05 Å². The number of benzene rings is 1. The third-order valence-electron chi connectivity index (χ3n) is 4.10. The van der Waals surface area contributed by atoms with E-state index in [4.69, 9.17) is 15.2 Å². The molecule has 2 aromatic heterocycles. The van der Waals surface area contributed by atoms with Crippen LogP contribution >= 0.6 is 0 Å². The summed E-state index contributed by atoms with van der Waals surface area (Å²) < 4.78 is 12.6. The predicted octanol–water partition coefficient (Wildman–Crippen LogP) is 0.934. The number of carbonyl (C=O) groups excluding carboxylic acids is 1. The van der Waals surface area contributed by atoms with Crippen molar-refractivity contribution in [3.63, 3.8) is 0 Å². The van der Waals surface area contributed by atoms with E-state index in [2.05, 4.69) is 15.3 Å². The molecule has 0 saturated carbocycles. The number of amides is 1. The minimum atomic E-state index is -0.457. The Balaban J connectivity index is 1.79. The Hall–Kier alpha value is -3.62. The Labute approximate surface area is 147 Å². The molecule has 0 aliphatic carbocycles. The van der Waals surface area contributed by atoms with Crippen molar-refractivity contribution in [1.82, 2.24) is 14.5 Å². The second-order valence-corrected chi connectivity index (χ2v) is 5.73. The zero-order valence-corrected chi connectivity index (χ0v) is 13.9. The van der Waals surface area contributed by atoms with Crippen LogP contribution in [0.5, 0.6) is 11.5 Å². The van der Waals surface area contributed by atoms with Gasteiger partial charge in [-0.2, -0.15) is 0 Å². The van der Waals surface area contributed by atoms with Gasteiger partial charge in [-0.15, -0.1) is 0 Å². The fourth-order valence-electron chi connectivity index (χ4n) is 2.75. The molecule has 1 aliphatic rings. The second-order valence-electron chi connectivity index (χ2n) is 5.73. The standard InChI is InChI=1S/C17H15N5O4/c1-22-13(21-15(23)9-7-19-17(18)20-8-9)6-11-10(16(22)24)2-3-12-14(11)26-5-4-25-12/h2-3,6-8H,4-5H2,1H3,(H,21,23)(H2,18,19,20). The Morgan fingerprint density at radius 1 is 1.19 bits per heavy atom. The Morgan fingerprint density at radius 3 is 2.69 bits per heavy atom. The number of carbonyl (C=O) groups is 1. The average Bonchev–Trinajstić information content (AvgIpc) is 2.66. The van der Waals surface area contributed by atoms with Crippen molar-refractivity contribution < 1.29 is 14.3 Å². The summed E-state index contributed by atoms with van der Waals surface area (Å²) >= 11 is 0. The lowest BCUT2D eigenvalue weighted by Gasteiger charge is -2.20. The summed E-state index contributed by atoms with van der Waals surface area (Å²) in [5, 5.41) is 3.75. The zero-order chi connectivity index (χ0) is 18.3. The molecule has 0 bridgehead atoms. The molecule has 0 atom stereocenters. The van der Waals surface area contributed by atoms with Crippen LogP contribution in [0.1, 0.15) is 10.4 Å². The van der Waals surface area contributed by atoms with Gasteiger partial charge in [-0.3, -0.25) is 14.2 Å². The van der Waals surface area contributed by atoms with Crippen molar-refractivity contribution >= 4 is 28.4 Å². The van der Waals surface area contributed by atoms with Crippen molar-refractivity contribution in [3.05, 3.63) is 46.5 Å². The number of nitrogens with one attached hydrogen (secondary N) is 1. The zero-order valence-electron chi connectivity index (χ0n) is 13.9. The summed E-state index contributed by atoms with van der Waals surface area (Å²) in [7, 11) is 1.58. The van der Waals surface area contributed by atoms with Crippen LogP contribution in [0.3, 0.4) is 0 Å². The van der Waals surface area contributed by atoms with Gasteiger partial charge in [0.1, 0.15) is 19.0 Å². The Kier molecular flexibility index (Phi) is 3.68. The van der Waals surface area contributed by atoms with E-state index < -0.39 is 5.91 Å². The van der Waals surface area contributed by atoms with Gasteiger partial charge in [0.2, 0.25) is 5.95 Å². The first-order chi connectivity index (χ1) is 12.5. The van der Waals surface area contributed by atoms with Crippen LogP contribution < -0.4 is 26.1 Å². The Morgan fingerprint density at radius 2 is 1.92 bits per heavy atom. The molecule has 9 nitrogen and oxygen atoms in total. The summed E-state index contributed by atoms with van der Waals surface area (Å²) in [6.07, 6.45) is 2.63. The van der Waals surface area contributed by atoms with Crippen molar-refractivity contribution in [2.24, 2.45) is 7.05 Å². The van der Waals surface area contributed by atoms with Crippen molar-refractivity contribution in [2.75, 3.05) is 24.3 Å². The number of hydrogen-bond acceptors (Lipinski definition) is 7. The molecule has 26 heavy (non-hydrogen) atoms. The van der Waals surface area contributed by atoms with Gasteiger partial charge in [0, 0.05) is 24.8 Å². The first kappa shape index (κ1) is 15.9. The minimum Gasteiger partial charge on any atom is -0.486 e. The van der Waals surface area contributed by atoms with Gasteiger partial charge in [0.05, 0.1) is 10.9 Å². The van der Waals surface area contributed by atoms with Gasteiger partial charge in [-0.05, 0) is 18.2 Å². The van der Waals surface area contributed by atoms with Gasteiger partial charge in [-0.25, -0.2) is 9.97 Å². The summed E-state index contributed by atoms with van der Waals surface area (Å²) in [5.41, 5.74) is 5.39. The molecule has 0 spiro atoms. The lowest BCUT2D eigenvalue weighted by molar-refractivity contribution is 0.102.